The first-order chi connectivity index (χ1) is 23.8. The number of hydrogen-bond acceptors (Lipinski definition) is 9. The third-order valence-electron chi connectivity index (χ3n) is 7.63. The molecule has 1 fully saturated rings. The first kappa shape index (κ1) is 34.8. The average molecular weight is 756 g/mol. The largest absolute Gasteiger partial charge is 0.493 e. The second-order valence-corrected chi connectivity index (χ2v) is 13.2. The summed E-state index contributed by atoms with van der Waals surface area (Å²) in [6.45, 7) is -0.440. The number of benzene rings is 3. The van der Waals surface area contributed by atoms with Crippen LogP contribution in [0.4, 0.5) is 10.5 Å². The predicted molar refractivity (Wildman–Crippen MR) is 192 cm³/mol. The Labute approximate surface area is 302 Å². The average Bonchev–Trinajstić information content (AvgIpc) is 3.56. The van der Waals surface area contributed by atoms with E-state index in [1.54, 1.807) is 60.7 Å². The SMILES string of the molecule is COc1cc(C=C2SC(=O)N(CC(=O)Nc3cccc(Cl)c3)C2=O)ccc1Oc1nc2c(c(=O)n(C)c(=O)n2C)n1Cc1ccc(Cl)cc1Cl. The van der Waals surface area contributed by atoms with Crippen molar-refractivity contribution in [1.82, 2.24) is 23.6 Å². The molecule has 17 heteroatoms. The van der Waals surface area contributed by atoms with Gasteiger partial charge in [-0.15, -0.1) is 0 Å². The van der Waals surface area contributed by atoms with E-state index < -0.39 is 34.8 Å². The molecule has 0 saturated carbocycles. The maximum Gasteiger partial charge on any atom is 0.332 e. The number of hydrogen-bond donors (Lipinski definition) is 1. The summed E-state index contributed by atoms with van der Waals surface area (Å²) in [4.78, 5) is 69.9. The maximum atomic E-state index is 13.3. The van der Waals surface area contributed by atoms with Crippen molar-refractivity contribution in [3.05, 3.63) is 113 Å². The number of halogens is 3. The number of aromatic nitrogens is 4. The maximum absolute atomic E-state index is 13.3. The zero-order chi connectivity index (χ0) is 35.9. The highest BCUT2D eigenvalue weighted by atomic mass is 35.5. The van der Waals surface area contributed by atoms with Crippen LogP contribution >= 0.6 is 46.6 Å². The highest BCUT2D eigenvalue weighted by molar-refractivity contribution is 8.18. The van der Waals surface area contributed by atoms with E-state index in [-0.39, 0.29) is 40.1 Å². The quantitative estimate of drug-likeness (QED) is 0.181. The number of carbonyl (C=O) groups is 3. The number of imide groups is 1. The van der Waals surface area contributed by atoms with E-state index in [4.69, 9.17) is 44.3 Å². The van der Waals surface area contributed by atoms with Crippen LogP contribution in [0.2, 0.25) is 15.1 Å². The number of anilines is 1. The van der Waals surface area contributed by atoms with Crippen LogP contribution in [0.15, 0.2) is 75.2 Å². The van der Waals surface area contributed by atoms with E-state index in [9.17, 15) is 24.0 Å². The molecule has 1 aliphatic rings. The molecule has 50 heavy (non-hydrogen) atoms. The minimum Gasteiger partial charge on any atom is -0.493 e. The van der Waals surface area contributed by atoms with Crippen LogP contribution < -0.4 is 26.0 Å². The molecule has 5 aromatic rings. The number of aryl methyl sites for hydroxylation is 1. The minimum absolute atomic E-state index is 0.0347. The summed E-state index contributed by atoms with van der Waals surface area (Å²) in [5, 5.41) is 3.21. The number of carbonyl (C=O) groups excluding carboxylic acids is 3. The Morgan fingerprint density at radius 2 is 1.70 bits per heavy atom. The second kappa shape index (κ2) is 14.1. The van der Waals surface area contributed by atoms with Gasteiger partial charge in [0, 0.05) is 34.9 Å². The Bertz CT molecular complexity index is 2390. The minimum atomic E-state index is -0.637. The van der Waals surface area contributed by atoms with Gasteiger partial charge in [0.25, 0.3) is 16.7 Å². The molecule has 0 atom stereocenters. The van der Waals surface area contributed by atoms with Crippen molar-refractivity contribution in [2.45, 2.75) is 6.54 Å². The number of thioether (sulfide) groups is 1. The predicted octanol–water partition coefficient (Wildman–Crippen LogP) is 5.92. The number of imidazole rings is 1. The van der Waals surface area contributed by atoms with Crippen molar-refractivity contribution >= 4 is 86.5 Å². The van der Waals surface area contributed by atoms with Gasteiger partial charge in [0.05, 0.1) is 18.6 Å². The fraction of sp³-hybridized carbons (Fsp3) is 0.152. The lowest BCUT2D eigenvalue weighted by Crippen LogP contribution is -2.37. The number of amides is 3. The molecule has 0 spiro atoms. The van der Waals surface area contributed by atoms with Crippen molar-refractivity contribution in [3.8, 4) is 17.5 Å². The first-order valence-corrected chi connectivity index (χ1v) is 16.6. The zero-order valence-electron chi connectivity index (χ0n) is 26.4. The van der Waals surface area contributed by atoms with Crippen molar-refractivity contribution in [2.75, 3.05) is 19.0 Å². The van der Waals surface area contributed by atoms with Crippen LogP contribution in [0.1, 0.15) is 11.1 Å². The smallest absolute Gasteiger partial charge is 0.332 e. The fourth-order valence-electron chi connectivity index (χ4n) is 5.13. The molecular formula is C33H25Cl3N6O7S. The molecule has 13 nitrogen and oxygen atoms in total. The molecule has 1 saturated heterocycles. The van der Waals surface area contributed by atoms with Gasteiger partial charge in [-0.25, -0.2) is 4.79 Å². The molecule has 0 aliphatic carbocycles. The van der Waals surface area contributed by atoms with Gasteiger partial charge in [-0.2, -0.15) is 4.98 Å². The lowest BCUT2D eigenvalue weighted by Gasteiger charge is -2.14. The Morgan fingerprint density at radius 1 is 0.940 bits per heavy atom. The number of nitrogens with zero attached hydrogens (tertiary/aromatic N) is 5. The van der Waals surface area contributed by atoms with Gasteiger partial charge in [0.15, 0.2) is 22.7 Å². The van der Waals surface area contributed by atoms with Gasteiger partial charge in [0.2, 0.25) is 5.91 Å². The summed E-state index contributed by atoms with van der Waals surface area (Å²) in [7, 11) is 4.26. The molecule has 1 aliphatic heterocycles. The molecule has 2 aromatic heterocycles. The van der Waals surface area contributed by atoms with Gasteiger partial charge in [-0.1, -0.05) is 53.0 Å². The van der Waals surface area contributed by atoms with E-state index in [0.717, 1.165) is 9.47 Å². The summed E-state index contributed by atoms with van der Waals surface area (Å²) in [5.74, 6) is -0.789. The fourth-order valence-corrected chi connectivity index (χ4v) is 6.62. The molecule has 256 valence electrons. The Kier molecular flexibility index (Phi) is 9.80. The summed E-state index contributed by atoms with van der Waals surface area (Å²) in [6, 6.07) is 16.1. The van der Waals surface area contributed by atoms with Crippen LogP contribution in [0.25, 0.3) is 17.2 Å². The van der Waals surface area contributed by atoms with E-state index >= 15 is 0 Å². The molecular weight excluding hydrogens is 731 g/mol. The van der Waals surface area contributed by atoms with Crippen LogP contribution in [-0.2, 0) is 30.2 Å². The van der Waals surface area contributed by atoms with Crippen molar-refractivity contribution in [1.29, 1.82) is 0 Å². The summed E-state index contributed by atoms with van der Waals surface area (Å²) in [5.41, 5.74) is 0.546. The van der Waals surface area contributed by atoms with Crippen LogP contribution in [0.5, 0.6) is 17.5 Å². The number of fused-ring (bicyclic) bond motifs is 1. The second-order valence-electron chi connectivity index (χ2n) is 10.9. The lowest BCUT2D eigenvalue weighted by molar-refractivity contribution is -0.127. The first-order valence-electron chi connectivity index (χ1n) is 14.6. The zero-order valence-corrected chi connectivity index (χ0v) is 29.5. The van der Waals surface area contributed by atoms with Crippen LogP contribution in [-0.4, -0.2) is 54.3 Å². The van der Waals surface area contributed by atoms with Gasteiger partial charge in [-0.05, 0) is 71.4 Å². The molecule has 1 N–H and O–H groups in total. The van der Waals surface area contributed by atoms with Crippen LogP contribution in [0, 0.1) is 0 Å². The van der Waals surface area contributed by atoms with E-state index in [2.05, 4.69) is 10.3 Å². The molecule has 6 rings (SSSR count). The topological polar surface area (TPSA) is 147 Å². The molecule has 3 aromatic carbocycles. The van der Waals surface area contributed by atoms with Crippen molar-refractivity contribution in [3.63, 3.8) is 0 Å². The van der Waals surface area contributed by atoms with E-state index in [1.807, 2.05) is 0 Å². The van der Waals surface area contributed by atoms with Gasteiger partial charge >= 0.3 is 11.7 Å². The van der Waals surface area contributed by atoms with E-state index in [0.29, 0.717) is 43.6 Å². The van der Waals surface area contributed by atoms with Crippen molar-refractivity contribution in [2.24, 2.45) is 14.1 Å². The van der Waals surface area contributed by atoms with E-state index in [1.165, 1.54) is 36.4 Å². The van der Waals surface area contributed by atoms with Gasteiger partial charge in [0.1, 0.15) is 6.54 Å². The normalized spacial score (nSPS) is 13.8. The summed E-state index contributed by atoms with van der Waals surface area (Å²) >= 11 is 19.2. The molecule has 3 heterocycles. The Morgan fingerprint density at radius 3 is 2.42 bits per heavy atom. The molecule has 0 radical (unpaired) electrons. The van der Waals surface area contributed by atoms with Gasteiger partial charge in [-0.3, -0.25) is 37.8 Å². The highest BCUT2D eigenvalue weighted by Gasteiger charge is 2.36. The third-order valence-corrected chi connectivity index (χ3v) is 9.36. The molecule has 0 unspecified atom stereocenters. The number of ether oxygens (including phenoxy) is 2. The molecule has 0 bridgehead atoms. The Balaban J connectivity index is 1.29. The number of nitrogens with one attached hydrogen (secondary N) is 1. The molecule has 3 amide bonds. The highest BCUT2D eigenvalue weighted by Crippen LogP contribution is 2.37. The Hall–Kier alpha value is -5.02. The number of methoxy groups -OCH3 is 1. The van der Waals surface area contributed by atoms with Crippen molar-refractivity contribution < 1.29 is 23.9 Å². The summed E-state index contributed by atoms with van der Waals surface area (Å²) in [6.07, 6.45) is 1.49. The van der Waals surface area contributed by atoms with Crippen LogP contribution in [0.3, 0.4) is 0 Å². The monoisotopic (exact) mass is 754 g/mol. The lowest BCUT2D eigenvalue weighted by atomic mass is 10.2. The number of rotatable bonds is 9. The standard InChI is InChI=1S/C33H25Cl3N6O7S/c1-39-28-27(30(45)40(2)32(39)46)41(15-18-8-9-20(35)14-22(18)36)31(38-28)49-23-10-7-17(11-24(23)48-3)12-25-29(44)42(33(47)50-25)16-26(43)37-21-6-4-5-19(34)13-21/h4-14H,15-16H2,1-3H3,(H,37,43). The summed E-state index contributed by atoms with van der Waals surface area (Å²) < 4.78 is 15.5. The van der Waals surface area contributed by atoms with Gasteiger partial charge < -0.3 is 14.8 Å². The third kappa shape index (κ3) is 6.87.